The van der Waals surface area contributed by atoms with Gasteiger partial charge in [-0.05, 0) is 18.8 Å². The standard InChI is InChI=1S/C9H11N5O2/c10-8-11-5-6(12-8)13-9(16)14(7(5)15)3-4-1-2-4/h4H,1-3H2,(H,13,16)(H3,10,11,12). The second-order valence-electron chi connectivity index (χ2n) is 4.13. The van der Waals surface area contributed by atoms with Gasteiger partial charge in [0.2, 0.25) is 0 Å². The van der Waals surface area contributed by atoms with Crippen LogP contribution in [0.3, 0.4) is 0 Å². The van der Waals surface area contributed by atoms with Crippen molar-refractivity contribution in [1.82, 2.24) is 19.5 Å². The molecule has 4 N–H and O–H groups in total. The fourth-order valence-corrected chi connectivity index (χ4v) is 1.76. The normalized spacial score (nSPS) is 15.8. The van der Waals surface area contributed by atoms with Crippen LogP contribution in [0.1, 0.15) is 12.8 Å². The van der Waals surface area contributed by atoms with Crippen LogP contribution in [-0.2, 0) is 6.54 Å². The highest BCUT2D eigenvalue weighted by Gasteiger charge is 2.24. The van der Waals surface area contributed by atoms with Gasteiger partial charge in [0.25, 0.3) is 5.56 Å². The van der Waals surface area contributed by atoms with E-state index in [0.29, 0.717) is 12.5 Å². The summed E-state index contributed by atoms with van der Waals surface area (Å²) in [5, 5.41) is 0. The lowest BCUT2D eigenvalue weighted by Gasteiger charge is -2.01. The van der Waals surface area contributed by atoms with Gasteiger partial charge < -0.3 is 10.7 Å². The highest BCUT2D eigenvalue weighted by atomic mass is 16.2. The molecule has 0 amide bonds. The Labute approximate surface area is 89.3 Å². The molecule has 7 heteroatoms. The molecule has 1 aliphatic carbocycles. The van der Waals surface area contributed by atoms with E-state index < -0.39 is 5.69 Å². The van der Waals surface area contributed by atoms with Gasteiger partial charge in [0.1, 0.15) is 0 Å². The maximum atomic E-state index is 11.9. The largest absolute Gasteiger partial charge is 0.369 e. The fourth-order valence-electron chi connectivity index (χ4n) is 1.76. The van der Waals surface area contributed by atoms with Crippen LogP contribution in [0.2, 0.25) is 0 Å². The molecule has 7 nitrogen and oxygen atoms in total. The van der Waals surface area contributed by atoms with Crippen molar-refractivity contribution in [2.75, 3.05) is 5.73 Å². The lowest BCUT2D eigenvalue weighted by molar-refractivity contribution is 0.580. The van der Waals surface area contributed by atoms with Crippen LogP contribution in [0.4, 0.5) is 5.95 Å². The zero-order chi connectivity index (χ0) is 11.3. The van der Waals surface area contributed by atoms with Crippen LogP contribution in [-0.4, -0.2) is 19.5 Å². The summed E-state index contributed by atoms with van der Waals surface area (Å²) in [4.78, 5) is 32.6. The van der Waals surface area contributed by atoms with Gasteiger partial charge in [0.05, 0.1) is 0 Å². The number of fused-ring (bicyclic) bond motifs is 1. The molecule has 2 aromatic heterocycles. The summed E-state index contributed by atoms with van der Waals surface area (Å²) in [6, 6.07) is 0. The molecule has 0 saturated heterocycles. The van der Waals surface area contributed by atoms with Gasteiger partial charge in [-0.15, -0.1) is 0 Å². The quantitative estimate of drug-likeness (QED) is 0.629. The second-order valence-corrected chi connectivity index (χ2v) is 4.13. The van der Waals surface area contributed by atoms with Crippen molar-refractivity contribution >= 4 is 17.1 Å². The third-order valence-corrected chi connectivity index (χ3v) is 2.79. The molecule has 0 unspecified atom stereocenters. The van der Waals surface area contributed by atoms with Crippen LogP contribution in [0, 0.1) is 5.92 Å². The van der Waals surface area contributed by atoms with E-state index in [2.05, 4.69) is 15.0 Å². The van der Waals surface area contributed by atoms with E-state index in [-0.39, 0.29) is 22.7 Å². The molecule has 1 aliphatic rings. The van der Waals surface area contributed by atoms with Crippen molar-refractivity contribution < 1.29 is 0 Å². The first-order valence-corrected chi connectivity index (χ1v) is 5.13. The highest BCUT2D eigenvalue weighted by molar-refractivity contribution is 5.71. The molecule has 0 spiro atoms. The minimum atomic E-state index is -0.420. The molecule has 1 fully saturated rings. The van der Waals surface area contributed by atoms with Crippen molar-refractivity contribution in [3.63, 3.8) is 0 Å². The van der Waals surface area contributed by atoms with Crippen LogP contribution in [0.25, 0.3) is 11.2 Å². The third-order valence-electron chi connectivity index (χ3n) is 2.79. The molecule has 0 bridgehead atoms. The van der Waals surface area contributed by atoms with Gasteiger partial charge in [-0.2, -0.15) is 4.98 Å². The molecule has 3 rings (SSSR count). The SMILES string of the molecule is Nc1nc2[nH]c(=O)n(CC3CC3)c(=O)c2[nH]1. The lowest BCUT2D eigenvalue weighted by atomic mass is 10.4. The number of H-pyrrole nitrogens is 2. The maximum absolute atomic E-state index is 11.9. The molecular formula is C9H11N5O2. The Hall–Kier alpha value is -2.05. The molecule has 0 atom stereocenters. The number of hydrogen-bond donors (Lipinski definition) is 3. The van der Waals surface area contributed by atoms with Crippen LogP contribution in [0.15, 0.2) is 9.59 Å². The number of nitrogens with two attached hydrogens (primary N) is 1. The number of aromatic nitrogens is 4. The smallest absolute Gasteiger partial charge is 0.330 e. The Bertz CT molecular complexity index is 661. The predicted octanol–water partition coefficient (Wildman–Crippen LogP) is -0.595. The zero-order valence-electron chi connectivity index (χ0n) is 8.49. The van der Waals surface area contributed by atoms with E-state index in [0.717, 1.165) is 12.8 Å². The van der Waals surface area contributed by atoms with Crippen LogP contribution < -0.4 is 17.0 Å². The summed E-state index contributed by atoms with van der Waals surface area (Å²) in [6.07, 6.45) is 2.16. The van der Waals surface area contributed by atoms with Crippen molar-refractivity contribution in [2.24, 2.45) is 5.92 Å². The highest BCUT2D eigenvalue weighted by Crippen LogP contribution is 2.29. The number of rotatable bonds is 2. The molecule has 2 heterocycles. The average molecular weight is 221 g/mol. The number of nitrogens with zero attached hydrogens (tertiary/aromatic N) is 2. The Morgan fingerprint density at radius 3 is 2.81 bits per heavy atom. The molecule has 0 aliphatic heterocycles. The van der Waals surface area contributed by atoms with Gasteiger partial charge >= 0.3 is 5.69 Å². The molecular weight excluding hydrogens is 210 g/mol. The van der Waals surface area contributed by atoms with E-state index in [1.54, 1.807) is 0 Å². The lowest BCUT2D eigenvalue weighted by Crippen LogP contribution is -2.35. The number of nitrogens with one attached hydrogen (secondary N) is 2. The Morgan fingerprint density at radius 2 is 2.12 bits per heavy atom. The Kier molecular flexibility index (Phi) is 1.71. The van der Waals surface area contributed by atoms with E-state index in [4.69, 9.17) is 5.73 Å². The van der Waals surface area contributed by atoms with Crippen LogP contribution in [0.5, 0.6) is 0 Å². The van der Waals surface area contributed by atoms with Crippen molar-refractivity contribution in [1.29, 1.82) is 0 Å². The zero-order valence-corrected chi connectivity index (χ0v) is 8.49. The van der Waals surface area contributed by atoms with Gasteiger partial charge in [0, 0.05) is 6.54 Å². The topological polar surface area (TPSA) is 110 Å². The molecule has 1 saturated carbocycles. The summed E-state index contributed by atoms with van der Waals surface area (Å²) < 4.78 is 1.21. The van der Waals surface area contributed by atoms with Gasteiger partial charge in [-0.3, -0.25) is 14.3 Å². The minimum absolute atomic E-state index is 0.131. The van der Waals surface area contributed by atoms with E-state index in [9.17, 15) is 9.59 Å². The predicted molar refractivity (Wildman–Crippen MR) is 58.1 cm³/mol. The number of nitrogen functional groups attached to an aromatic ring is 1. The van der Waals surface area contributed by atoms with Crippen LogP contribution >= 0.6 is 0 Å². The van der Waals surface area contributed by atoms with Crippen molar-refractivity contribution in [3.05, 3.63) is 20.8 Å². The molecule has 16 heavy (non-hydrogen) atoms. The molecule has 0 aromatic carbocycles. The minimum Gasteiger partial charge on any atom is -0.369 e. The van der Waals surface area contributed by atoms with E-state index >= 15 is 0 Å². The first-order chi connectivity index (χ1) is 7.65. The molecule has 2 aromatic rings. The maximum Gasteiger partial charge on any atom is 0.330 e. The summed E-state index contributed by atoms with van der Waals surface area (Å²) in [5.41, 5.74) is 5.15. The van der Waals surface area contributed by atoms with Gasteiger partial charge in [0.15, 0.2) is 17.1 Å². The average Bonchev–Trinajstić information content (AvgIpc) is 2.96. The Balaban J connectivity index is 2.26. The Morgan fingerprint density at radius 1 is 1.38 bits per heavy atom. The van der Waals surface area contributed by atoms with Gasteiger partial charge in [-0.25, -0.2) is 4.79 Å². The first kappa shape index (κ1) is 9.20. The number of aromatic amines is 2. The summed E-state index contributed by atoms with van der Waals surface area (Å²) in [7, 11) is 0. The summed E-state index contributed by atoms with van der Waals surface area (Å²) >= 11 is 0. The van der Waals surface area contributed by atoms with Gasteiger partial charge in [-0.1, -0.05) is 0 Å². The van der Waals surface area contributed by atoms with E-state index in [1.165, 1.54) is 4.57 Å². The second kappa shape index (κ2) is 2.97. The molecule has 84 valence electrons. The fraction of sp³-hybridized carbons (Fsp3) is 0.444. The van der Waals surface area contributed by atoms with E-state index in [1.807, 2.05) is 0 Å². The summed E-state index contributed by atoms with van der Waals surface area (Å²) in [5.74, 6) is 0.587. The number of hydrogen-bond acceptors (Lipinski definition) is 4. The number of imidazole rings is 1. The van der Waals surface area contributed by atoms with Crippen molar-refractivity contribution in [3.8, 4) is 0 Å². The first-order valence-electron chi connectivity index (χ1n) is 5.13. The monoisotopic (exact) mass is 221 g/mol. The number of anilines is 1. The van der Waals surface area contributed by atoms with Crippen molar-refractivity contribution in [2.45, 2.75) is 19.4 Å². The third kappa shape index (κ3) is 1.32. The summed E-state index contributed by atoms with van der Waals surface area (Å²) in [6.45, 7) is 0.475. The molecule has 0 radical (unpaired) electrons.